The Bertz CT molecular complexity index is 1040. The summed E-state index contributed by atoms with van der Waals surface area (Å²) in [6.07, 6.45) is 4.24. The van der Waals surface area contributed by atoms with Gasteiger partial charge in [0.1, 0.15) is 12.1 Å². The average Bonchev–Trinajstić information content (AvgIpc) is 3.47. The summed E-state index contributed by atoms with van der Waals surface area (Å²) in [4.78, 5) is 21.2. The van der Waals surface area contributed by atoms with Gasteiger partial charge in [-0.2, -0.15) is 9.97 Å². The molecule has 1 atom stereocenters. The van der Waals surface area contributed by atoms with Crippen molar-refractivity contribution < 1.29 is 4.74 Å². The zero-order valence-electron chi connectivity index (χ0n) is 16.2. The molecule has 0 radical (unpaired) electrons. The lowest BCUT2D eigenvalue weighted by molar-refractivity contribution is 0.0985. The molecule has 1 aliphatic heterocycles. The first kappa shape index (κ1) is 17.3. The SMILES string of the molecule is C/C(=N\c1cc(N2CCOC[C@H]2C)nc(-n2cnc3ccccc32)n1)C1CC1. The van der Waals surface area contributed by atoms with E-state index in [0.29, 0.717) is 30.9 Å². The molecular formula is C21H24N6O. The van der Waals surface area contributed by atoms with Gasteiger partial charge >= 0.3 is 0 Å². The number of aromatic nitrogens is 4. The maximum atomic E-state index is 5.60. The van der Waals surface area contributed by atoms with Crippen molar-refractivity contribution in [2.45, 2.75) is 32.7 Å². The van der Waals surface area contributed by atoms with Crippen LogP contribution in [0.4, 0.5) is 11.6 Å². The highest BCUT2D eigenvalue weighted by Gasteiger charge is 2.25. The minimum absolute atomic E-state index is 0.261. The van der Waals surface area contributed by atoms with E-state index in [-0.39, 0.29) is 6.04 Å². The molecule has 7 heteroatoms. The smallest absolute Gasteiger partial charge is 0.239 e. The van der Waals surface area contributed by atoms with Crippen LogP contribution in [-0.2, 0) is 4.74 Å². The second-order valence-electron chi connectivity index (χ2n) is 7.63. The topological polar surface area (TPSA) is 68.4 Å². The van der Waals surface area contributed by atoms with Gasteiger partial charge in [-0.1, -0.05) is 12.1 Å². The number of fused-ring (bicyclic) bond motifs is 1. The van der Waals surface area contributed by atoms with Crippen molar-refractivity contribution in [3.8, 4) is 5.95 Å². The van der Waals surface area contributed by atoms with Crippen LogP contribution in [0.15, 0.2) is 41.7 Å². The Morgan fingerprint density at radius 3 is 2.89 bits per heavy atom. The van der Waals surface area contributed by atoms with Crippen molar-refractivity contribution in [2.75, 3.05) is 24.7 Å². The molecule has 2 aliphatic rings. The summed E-state index contributed by atoms with van der Waals surface area (Å²) in [5.41, 5.74) is 3.07. The van der Waals surface area contributed by atoms with E-state index in [4.69, 9.17) is 19.7 Å². The Kier molecular flexibility index (Phi) is 4.31. The number of anilines is 1. The van der Waals surface area contributed by atoms with Gasteiger partial charge in [0, 0.05) is 18.3 Å². The molecule has 144 valence electrons. The number of hydrogen-bond acceptors (Lipinski definition) is 6. The highest BCUT2D eigenvalue weighted by atomic mass is 16.5. The van der Waals surface area contributed by atoms with Gasteiger partial charge in [0.25, 0.3) is 0 Å². The molecule has 1 aliphatic carbocycles. The van der Waals surface area contributed by atoms with Crippen molar-refractivity contribution in [3.05, 3.63) is 36.7 Å². The molecule has 28 heavy (non-hydrogen) atoms. The molecule has 7 nitrogen and oxygen atoms in total. The van der Waals surface area contributed by atoms with Crippen molar-refractivity contribution in [3.63, 3.8) is 0 Å². The summed E-state index contributed by atoms with van der Waals surface area (Å²) >= 11 is 0. The van der Waals surface area contributed by atoms with Crippen LogP contribution < -0.4 is 4.90 Å². The number of hydrogen-bond donors (Lipinski definition) is 0. The maximum Gasteiger partial charge on any atom is 0.239 e. The maximum absolute atomic E-state index is 5.60. The van der Waals surface area contributed by atoms with Gasteiger partial charge in [0.15, 0.2) is 5.82 Å². The zero-order chi connectivity index (χ0) is 19.1. The molecule has 3 heterocycles. The molecule has 1 saturated heterocycles. The third kappa shape index (κ3) is 3.26. The zero-order valence-corrected chi connectivity index (χ0v) is 16.2. The monoisotopic (exact) mass is 376 g/mol. The fourth-order valence-electron chi connectivity index (χ4n) is 3.68. The third-order valence-corrected chi connectivity index (χ3v) is 5.48. The molecule has 3 aromatic rings. The average molecular weight is 376 g/mol. The predicted octanol–water partition coefficient (Wildman–Crippen LogP) is 3.54. The quantitative estimate of drug-likeness (QED) is 0.652. The molecule has 0 N–H and O–H groups in total. The lowest BCUT2D eigenvalue weighted by Gasteiger charge is -2.34. The molecule has 1 aromatic carbocycles. The van der Waals surface area contributed by atoms with Gasteiger partial charge in [-0.15, -0.1) is 0 Å². The van der Waals surface area contributed by atoms with Crippen LogP contribution in [-0.4, -0.2) is 51.0 Å². The van der Waals surface area contributed by atoms with E-state index in [1.807, 2.05) is 34.9 Å². The van der Waals surface area contributed by atoms with Crippen molar-refractivity contribution in [1.29, 1.82) is 0 Å². The van der Waals surface area contributed by atoms with Crippen LogP contribution in [0.1, 0.15) is 26.7 Å². The van der Waals surface area contributed by atoms with E-state index in [9.17, 15) is 0 Å². The summed E-state index contributed by atoms with van der Waals surface area (Å²) in [6, 6.07) is 10.3. The highest BCUT2D eigenvalue weighted by Crippen LogP contribution is 2.32. The van der Waals surface area contributed by atoms with Crippen LogP contribution in [0.5, 0.6) is 0 Å². The molecule has 0 bridgehead atoms. The molecule has 0 spiro atoms. The third-order valence-electron chi connectivity index (χ3n) is 5.48. The minimum Gasteiger partial charge on any atom is -0.377 e. The Labute approximate surface area is 164 Å². The Balaban J connectivity index is 1.63. The van der Waals surface area contributed by atoms with Gasteiger partial charge in [0.2, 0.25) is 5.95 Å². The normalized spacial score (nSPS) is 20.7. The Hall–Kier alpha value is -2.80. The lowest BCUT2D eigenvalue weighted by Crippen LogP contribution is -2.44. The van der Waals surface area contributed by atoms with Crippen LogP contribution in [0.3, 0.4) is 0 Å². The van der Waals surface area contributed by atoms with Crippen LogP contribution >= 0.6 is 0 Å². The standard InChI is InChI=1S/C21H24N6O/c1-14-12-28-10-9-26(14)20-11-19(23-15(2)16-7-8-16)24-21(25-20)27-13-22-17-5-3-4-6-18(17)27/h3-6,11,13-14,16H,7-10,12H2,1-2H3/b23-15+/t14-/m1/s1. The van der Waals surface area contributed by atoms with Crippen molar-refractivity contribution in [2.24, 2.45) is 10.9 Å². The van der Waals surface area contributed by atoms with Gasteiger partial charge in [-0.05, 0) is 44.7 Å². The molecule has 5 rings (SSSR count). The first-order valence-electron chi connectivity index (χ1n) is 9.90. The van der Waals surface area contributed by atoms with Crippen LogP contribution in [0, 0.1) is 5.92 Å². The van der Waals surface area contributed by atoms with Crippen molar-refractivity contribution >= 4 is 28.4 Å². The fourth-order valence-corrected chi connectivity index (χ4v) is 3.68. The summed E-state index contributed by atoms with van der Waals surface area (Å²) in [6.45, 7) is 6.48. The van der Waals surface area contributed by atoms with Crippen LogP contribution in [0.2, 0.25) is 0 Å². The second kappa shape index (κ2) is 6.98. The first-order chi connectivity index (χ1) is 13.7. The number of ether oxygens (including phenoxy) is 1. The van der Waals surface area contributed by atoms with Gasteiger partial charge in [-0.3, -0.25) is 4.57 Å². The van der Waals surface area contributed by atoms with Crippen molar-refractivity contribution in [1.82, 2.24) is 19.5 Å². The number of rotatable bonds is 4. The Morgan fingerprint density at radius 1 is 1.21 bits per heavy atom. The number of benzene rings is 1. The van der Waals surface area contributed by atoms with E-state index in [2.05, 4.69) is 23.7 Å². The molecule has 0 unspecified atom stereocenters. The largest absolute Gasteiger partial charge is 0.377 e. The number of morpholine rings is 1. The van der Waals surface area contributed by atoms with E-state index in [1.54, 1.807) is 6.33 Å². The lowest BCUT2D eigenvalue weighted by atomic mass is 10.2. The predicted molar refractivity (Wildman–Crippen MR) is 110 cm³/mol. The number of aliphatic imine (C=N–C) groups is 1. The molecule has 0 amide bonds. The fraction of sp³-hybridized carbons (Fsp3) is 0.429. The first-order valence-corrected chi connectivity index (χ1v) is 9.90. The summed E-state index contributed by atoms with van der Waals surface area (Å²) in [5, 5.41) is 0. The second-order valence-corrected chi connectivity index (χ2v) is 7.63. The molecule has 2 fully saturated rings. The summed E-state index contributed by atoms with van der Waals surface area (Å²) < 4.78 is 7.54. The molecule has 2 aromatic heterocycles. The summed E-state index contributed by atoms with van der Waals surface area (Å²) in [5.74, 6) is 2.81. The number of para-hydroxylation sites is 2. The van der Waals surface area contributed by atoms with E-state index in [0.717, 1.165) is 29.1 Å². The number of imidazole rings is 1. The van der Waals surface area contributed by atoms with Gasteiger partial charge in [0.05, 0.1) is 30.3 Å². The van der Waals surface area contributed by atoms with Gasteiger partial charge < -0.3 is 9.64 Å². The highest BCUT2D eigenvalue weighted by molar-refractivity contribution is 5.88. The van der Waals surface area contributed by atoms with Crippen LogP contribution in [0.25, 0.3) is 17.0 Å². The summed E-state index contributed by atoms with van der Waals surface area (Å²) in [7, 11) is 0. The van der Waals surface area contributed by atoms with E-state index in [1.165, 1.54) is 12.8 Å². The van der Waals surface area contributed by atoms with E-state index >= 15 is 0 Å². The number of nitrogens with zero attached hydrogens (tertiary/aromatic N) is 6. The molecule has 1 saturated carbocycles. The van der Waals surface area contributed by atoms with Gasteiger partial charge in [-0.25, -0.2) is 9.98 Å². The Morgan fingerprint density at radius 2 is 2.07 bits per heavy atom. The minimum atomic E-state index is 0.261. The van der Waals surface area contributed by atoms with E-state index < -0.39 is 0 Å². The molecular weight excluding hydrogens is 352 g/mol.